The third kappa shape index (κ3) is 4.15. The van der Waals surface area contributed by atoms with Gasteiger partial charge in [0.25, 0.3) is 11.6 Å². The number of hydrogen-bond acceptors (Lipinski definition) is 6. The lowest BCUT2D eigenvalue weighted by Crippen LogP contribution is -2.14. The maximum atomic E-state index is 12.6. The Morgan fingerprint density at radius 1 is 1.21 bits per heavy atom. The molecule has 0 saturated heterocycles. The van der Waals surface area contributed by atoms with Gasteiger partial charge in [0.15, 0.2) is 5.13 Å². The molecule has 9 heteroatoms. The molecule has 0 aliphatic heterocycles. The van der Waals surface area contributed by atoms with Crippen LogP contribution in [0.25, 0.3) is 10.2 Å². The van der Waals surface area contributed by atoms with Gasteiger partial charge in [-0.3, -0.25) is 19.7 Å². The molecule has 1 heterocycles. The van der Waals surface area contributed by atoms with Crippen molar-refractivity contribution in [1.29, 1.82) is 0 Å². The Morgan fingerprint density at radius 3 is 2.71 bits per heavy atom. The zero-order valence-corrected chi connectivity index (χ0v) is 16.1. The fraction of sp³-hybridized carbons (Fsp3) is 0.211. The van der Waals surface area contributed by atoms with Crippen LogP contribution in [0.1, 0.15) is 35.7 Å². The zero-order valence-electron chi connectivity index (χ0n) is 15.3. The summed E-state index contributed by atoms with van der Waals surface area (Å²) in [6, 6.07) is 9.60. The molecule has 2 amide bonds. The van der Waals surface area contributed by atoms with Crippen LogP contribution in [0.3, 0.4) is 0 Å². The van der Waals surface area contributed by atoms with Gasteiger partial charge in [-0.15, -0.1) is 0 Å². The van der Waals surface area contributed by atoms with Gasteiger partial charge in [-0.05, 0) is 37.6 Å². The van der Waals surface area contributed by atoms with Gasteiger partial charge in [0.05, 0.1) is 15.1 Å². The number of benzene rings is 2. The smallest absolute Gasteiger partial charge is 0.273 e. The van der Waals surface area contributed by atoms with Crippen molar-refractivity contribution in [3.63, 3.8) is 0 Å². The quantitative estimate of drug-likeness (QED) is 0.468. The molecule has 0 radical (unpaired) electrons. The number of anilines is 2. The Kier molecular flexibility index (Phi) is 5.65. The molecule has 8 nitrogen and oxygen atoms in total. The third-order valence-corrected chi connectivity index (χ3v) is 5.05. The van der Waals surface area contributed by atoms with Crippen molar-refractivity contribution < 1.29 is 14.5 Å². The third-order valence-electron chi connectivity index (χ3n) is 4.12. The van der Waals surface area contributed by atoms with Crippen LogP contribution in [0.4, 0.5) is 16.5 Å². The molecule has 0 bridgehead atoms. The first-order valence-corrected chi connectivity index (χ1v) is 9.46. The van der Waals surface area contributed by atoms with E-state index in [1.807, 2.05) is 6.92 Å². The van der Waals surface area contributed by atoms with Crippen LogP contribution >= 0.6 is 11.3 Å². The molecular formula is C19H18N4O4S. The van der Waals surface area contributed by atoms with Crippen LogP contribution in [-0.4, -0.2) is 21.7 Å². The van der Waals surface area contributed by atoms with Crippen LogP contribution in [-0.2, 0) is 4.79 Å². The van der Waals surface area contributed by atoms with E-state index in [2.05, 4.69) is 15.6 Å². The largest absolute Gasteiger partial charge is 0.322 e. The minimum atomic E-state index is -0.510. The lowest BCUT2D eigenvalue weighted by atomic mass is 10.1. The van der Waals surface area contributed by atoms with Gasteiger partial charge in [-0.25, -0.2) is 4.98 Å². The zero-order chi connectivity index (χ0) is 20.3. The van der Waals surface area contributed by atoms with Crippen LogP contribution < -0.4 is 10.6 Å². The first-order chi connectivity index (χ1) is 13.4. The summed E-state index contributed by atoms with van der Waals surface area (Å²) in [6.45, 7) is 3.47. The Balaban J connectivity index is 1.81. The van der Waals surface area contributed by atoms with E-state index in [-0.39, 0.29) is 17.2 Å². The Hall–Kier alpha value is -3.33. The summed E-state index contributed by atoms with van der Waals surface area (Å²) in [5.74, 6) is -0.516. The molecule has 2 N–H and O–H groups in total. The van der Waals surface area contributed by atoms with Crippen molar-refractivity contribution in [2.24, 2.45) is 0 Å². The average Bonchev–Trinajstić information content (AvgIpc) is 3.03. The number of nitrogens with zero attached hydrogens (tertiary/aromatic N) is 2. The van der Waals surface area contributed by atoms with Crippen molar-refractivity contribution in [3.8, 4) is 0 Å². The minimum absolute atomic E-state index is 0.0868. The van der Waals surface area contributed by atoms with Crippen LogP contribution in [0.15, 0.2) is 36.4 Å². The van der Waals surface area contributed by atoms with Crippen LogP contribution in [0, 0.1) is 17.0 Å². The van der Waals surface area contributed by atoms with E-state index in [0.717, 1.165) is 11.1 Å². The number of carbonyl (C=O) groups excluding carboxylic acids is 2. The second-order valence-electron chi connectivity index (χ2n) is 6.16. The molecule has 2 aromatic carbocycles. The van der Waals surface area contributed by atoms with E-state index in [1.165, 1.54) is 23.5 Å². The Bertz CT molecular complexity index is 1080. The highest BCUT2D eigenvalue weighted by atomic mass is 32.1. The molecule has 0 unspecified atom stereocenters. The topological polar surface area (TPSA) is 114 Å². The van der Waals surface area contributed by atoms with Gasteiger partial charge in [-0.1, -0.05) is 24.3 Å². The SMILES string of the molecule is CCCC(=O)Nc1nc2ccc(NC(=O)c3cccc([N+](=O)[O-])c3C)cc2s1. The number of rotatable bonds is 6. The van der Waals surface area contributed by atoms with Gasteiger partial charge in [0.2, 0.25) is 5.91 Å². The molecule has 28 heavy (non-hydrogen) atoms. The monoisotopic (exact) mass is 398 g/mol. The normalized spacial score (nSPS) is 10.6. The number of nitro groups is 1. The number of amides is 2. The average molecular weight is 398 g/mol. The highest BCUT2D eigenvalue weighted by molar-refractivity contribution is 7.22. The minimum Gasteiger partial charge on any atom is -0.322 e. The number of aromatic nitrogens is 1. The molecule has 1 aromatic heterocycles. The van der Waals surface area contributed by atoms with Crippen LogP contribution in [0.5, 0.6) is 0 Å². The molecule has 0 atom stereocenters. The maximum absolute atomic E-state index is 12.6. The van der Waals surface area contributed by atoms with Gasteiger partial charge in [0.1, 0.15) is 0 Å². The number of thiazole rings is 1. The fourth-order valence-electron chi connectivity index (χ4n) is 2.73. The fourth-order valence-corrected chi connectivity index (χ4v) is 3.65. The Labute approximate surface area is 164 Å². The summed E-state index contributed by atoms with van der Waals surface area (Å²) in [5, 5.41) is 17.1. The summed E-state index contributed by atoms with van der Waals surface area (Å²) in [4.78, 5) is 39.2. The molecular weight excluding hydrogens is 380 g/mol. The summed E-state index contributed by atoms with van der Waals surface area (Å²) in [6.07, 6.45) is 1.18. The highest BCUT2D eigenvalue weighted by Crippen LogP contribution is 2.29. The number of fused-ring (bicyclic) bond motifs is 1. The number of nitro benzene ring substituents is 1. The first kappa shape index (κ1) is 19.4. The van der Waals surface area contributed by atoms with Crippen molar-refractivity contribution in [3.05, 3.63) is 57.6 Å². The van der Waals surface area contributed by atoms with Gasteiger partial charge >= 0.3 is 0 Å². The molecule has 3 aromatic rings. The van der Waals surface area contributed by atoms with E-state index in [0.29, 0.717) is 28.3 Å². The van der Waals surface area contributed by atoms with Crippen molar-refractivity contribution in [1.82, 2.24) is 4.98 Å². The number of carbonyl (C=O) groups is 2. The van der Waals surface area contributed by atoms with E-state index < -0.39 is 10.8 Å². The molecule has 0 aliphatic carbocycles. The summed E-state index contributed by atoms with van der Waals surface area (Å²) in [7, 11) is 0. The standard InChI is InChI=1S/C19H18N4O4S/c1-3-5-17(24)22-19-21-14-9-8-12(10-16(14)28-19)20-18(25)13-6-4-7-15(11(13)2)23(26)27/h4,6-10H,3,5H2,1-2H3,(H,20,25)(H,21,22,24). The van der Waals surface area contributed by atoms with Crippen molar-refractivity contribution in [2.75, 3.05) is 10.6 Å². The van der Waals surface area contributed by atoms with E-state index in [1.54, 1.807) is 31.2 Å². The molecule has 0 saturated carbocycles. The second kappa shape index (κ2) is 8.13. The predicted molar refractivity (Wildman–Crippen MR) is 109 cm³/mol. The summed E-state index contributed by atoms with van der Waals surface area (Å²) in [5.41, 5.74) is 1.70. The summed E-state index contributed by atoms with van der Waals surface area (Å²) < 4.78 is 0.806. The van der Waals surface area contributed by atoms with Crippen molar-refractivity contribution >= 4 is 49.9 Å². The summed E-state index contributed by atoms with van der Waals surface area (Å²) >= 11 is 1.31. The highest BCUT2D eigenvalue weighted by Gasteiger charge is 2.18. The van der Waals surface area contributed by atoms with E-state index >= 15 is 0 Å². The maximum Gasteiger partial charge on any atom is 0.273 e. The van der Waals surface area contributed by atoms with Gasteiger partial charge in [-0.2, -0.15) is 0 Å². The van der Waals surface area contributed by atoms with Crippen LogP contribution in [0.2, 0.25) is 0 Å². The van der Waals surface area contributed by atoms with E-state index in [9.17, 15) is 19.7 Å². The van der Waals surface area contributed by atoms with Crippen molar-refractivity contribution in [2.45, 2.75) is 26.7 Å². The molecule has 0 fully saturated rings. The second-order valence-corrected chi connectivity index (χ2v) is 7.19. The number of nitrogens with one attached hydrogen (secondary N) is 2. The molecule has 144 valence electrons. The number of hydrogen-bond donors (Lipinski definition) is 2. The van der Waals surface area contributed by atoms with E-state index in [4.69, 9.17) is 0 Å². The lowest BCUT2D eigenvalue weighted by Gasteiger charge is -2.08. The molecule has 0 spiro atoms. The lowest BCUT2D eigenvalue weighted by molar-refractivity contribution is -0.385. The van der Waals surface area contributed by atoms with Gasteiger partial charge in [0, 0.05) is 29.3 Å². The Morgan fingerprint density at radius 2 is 2.00 bits per heavy atom. The molecule has 3 rings (SSSR count). The van der Waals surface area contributed by atoms with Gasteiger partial charge < -0.3 is 10.6 Å². The predicted octanol–water partition coefficient (Wildman–Crippen LogP) is 4.50. The molecule has 0 aliphatic rings. The first-order valence-electron chi connectivity index (χ1n) is 8.65.